The molecule has 0 radical (unpaired) electrons. The van der Waals surface area contributed by atoms with Crippen LogP contribution in [0.3, 0.4) is 0 Å². The molecule has 0 atom stereocenters. The van der Waals surface area contributed by atoms with Crippen molar-refractivity contribution in [3.8, 4) is 22.9 Å². The Labute approximate surface area is 278 Å². The number of anilines is 1. The first-order chi connectivity index (χ1) is 22.4. The van der Waals surface area contributed by atoms with E-state index in [-0.39, 0.29) is 40.6 Å². The van der Waals surface area contributed by atoms with E-state index in [9.17, 15) is 14.7 Å². The van der Waals surface area contributed by atoms with Crippen molar-refractivity contribution >= 4 is 23.4 Å². The molecular weight excluding hydrogens is 618 g/mol. The number of carbonyl (C=O) groups excluding carboxylic acids is 1. The summed E-state index contributed by atoms with van der Waals surface area (Å²) in [5.74, 6) is 1.59. The van der Waals surface area contributed by atoms with E-state index in [1.165, 1.54) is 0 Å². The van der Waals surface area contributed by atoms with Crippen molar-refractivity contribution in [3.05, 3.63) is 128 Å². The minimum Gasteiger partial charge on any atom is -0.508 e. The second kappa shape index (κ2) is 14.0. The molecule has 3 N–H and O–H groups in total. The fraction of sp³-hybridized carbons (Fsp3) is 0.250. The molecule has 244 valence electrons. The SMILES string of the molecule is COc1ccccc1Cn1c(C)cc(OCc2ccccc2CNC(=O)Nc2cc(C(C)(C)C)nn2-c2ccc(O)cc2)c(Cl)c1=O. The third-order valence-electron chi connectivity index (χ3n) is 7.69. The number of halogens is 1. The van der Waals surface area contributed by atoms with Gasteiger partial charge in [-0.1, -0.05) is 74.8 Å². The number of carbonyl (C=O) groups is 1. The summed E-state index contributed by atoms with van der Waals surface area (Å²) >= 11 is 6.52. The summed E-state index contributed by atoms with van der Waals surface area (Å²) < 4.78 is 14.7. The zero-order valence-corrected chi connectivity index (χ0v) is 27.8. The first kappa shape index (κ1) is 33.2. The summed E-state index contributed by atoms with van der Waals surface area (Å²) in [5.41, 5.74) is 4.08. The molecule has 3 aromatic carbocycles. The molecular formula is C36H38ClN5O5. The Bertz CT molecular complexity index is 1940. The summed E-state index contributed by atoms with van der Waals surface area (Å²) in [6.07, 6.45) is 0. The van der Waals surface area contributed by atoms with Gasteiger partial charge in [-0.25, -0.2) is 9.48 Å². The Hall–Kier alpha value is -5.22. The van der Waals surface area contributed by atoms with Crippen LogP contribution in [0.4, 0.5) is 10.6 Å². The molecule has 0 bridgehead atoms. The average molecular weight is 656 g/mol. The standard InChI is InChI=1S/C36H38ClN5O5/c1-23-18-30(33(37)34(44)41(23)21-25-11-8-9-13-29(25)46-5)47-22-26-12-7-6-10-24(26)20-38-35(45)39-32-19-31(36(2,3)4)40-42(32)27-14-16-28(43)17-15-27/h6-19,43H,20-22H2,1-5H3,(H2,38,39,45). The number of urea groups is 1. The van der Waals surface area contributed by atoms with E-state index in [2.05, 4.69) is 10.6 Å². The zero-order valence-electron chi connectivity index (χ0n) is 27.0. The maximum absolute atomic E-state index is 13.2. The maximum Gasteiger partial charge on any atom is 0.320 e. The number of amides is 2. The van der Waals surface area contributed by atoms with Gasteiger partial charge in [0.2, 0.25) is 0 Å². The molecule has 0 fully saturated rings. The van der Waals surface area contributed by atoms with E-state index in [1.807, 2.05) is 82.3 Å². The number of benzene rings is 3. The summed E-state index contributed by atoms with van der Waals surface area (Å²) in [6, 6.07) is 24.8. The lowest BCUT2D eigenvalue weighted by Gasteiger charge is -2.17. The van der Waals surface area contributed by atoms with E-state index in [1.54, 1.807) is 46.7 Å². The van der Waals surface area contributed by atoms with Crippen LogP contribution in [0.25, 0.3) is 5.69 Å². The molecule has 2 amide bonds. The number of phenols is 1. The van der Waals surface area contributed by atoms with Crippen molar-refractivity contribution in [1.82, 2.24) is 19.7 Å². The van der Waals surface area contributed by atoms with Crippen LogP contribution in [-0.2, 0) is 25.1 Å². The Morgan fingerprint density at radius 1 is 0.936 bits per heavy atom. The Morgan fingerprint density at radius 3 is 2.28 bits per heavy atom. The van der Waals surface area contributed by atoms with Crippen molar-refractivity contribution < 1.29 is 19.4 Å². The first-order valence-corrected chi connectivity index (χ1v) is 15.5. The lowest BCUT2D eigenvalue weighted by atomic mass is 9.92. The van der Waals surface area contributed by atoms with Crippen LogP contribution in [0.15, 0.2) is 89.7 Å². The minimum absolute atomic E-state index is 0.0136. The first-order valence-electron chi connectivity index (χ1n) is 15.1. The number of phenolic OH excluding ortho intramolecular Hbond substituents is 1. The van der Waals surface area contributed by atoms with E-state index in [0.29, 0.717) is 29.5 Å². The van der Waals surface area contributed by atoms with Gasteiger partial charge in [0, 0.05) is 35.3 Å². The fourth-order valence-corrected chi connectivity index (χ4v) is 5.22. The van der Waals surface area contributed by atoms with Crippen LogP contribution in [-0.4, -0.2) is 32.6 Å². The maximum atomic E-state index is 13.2. The molecule has 0 aliphatic rings. The molecule has 2 heterocycles. The van der Waals surface area contributed by atoms with Gasteiger partial charge in [-0.3, -0.25) is 10.1 Å². The largest absolute Gasteiger partial charge is 0.508 e. The summed E-state index contributed by atoms with van der Waals surface area (Å²) in [5, 5.41) is 20.2. The van der Waals surface area contributed by atoms with Gasteiger partial charge < -0.3 is 24.5 Å². The average Bonchev–Trinajstić information content (AvgIpc) is 3.48. The van der Waals surface area contributed by atoms with E-state index < -0.39 is 6.03 Å². The van der Waals surface area contributed by atoms with E-state index in [0.717, 1.165) is 22.4 Å². The molecule has 47 heavy (non-hydrogen) atoms. The number of nitrogens with one attached hydrogen (secondary N) is 2. The van der Waals surface area contributed by atoms with Crippen LogP contribution in [0, 0.1) is 6.92 Å². The number of ether oxygens (including phenoxy) is 2. The normalized spacial score (nSPS) is 11.3. The minimum atomic E-state index is -0.418. The van der Waals surface area contributed by atoms with Gasteiger partial charge in [0.1, 0.15) is 34.7 Å². The molecule has 10 nitrogen and oxygen atoms in total. The fourth-order valence-electron chi connectivity index (χ4n) is 5.01. The zero-order chi connectivity index (χ0) is 33.7. The van der Waals surface area contributed by atoms with Gasteiger partial charge in [0.15, 0.2) is 0 Å². The van der Waals surface area contributed by atoms with Crippen molar-refractivity contribution in [1.29, 1.82) is 0 Å². The molecule has 0 spiro atoms. The van der Waals surface area contributed by atoms with Crippen LogP contribution < -0.4 is 25.7 Å². The number of para-hydroxylation sites is 1. The number of methoxy groups -OCH3 is 1. The second-order valence-electron chi connectivity index (χ2n) is 12.1. The Kier molecular flexibility index (Phi) is 9.91. The Morgan fingerprint density at radius 2 is 1.60 bits per heavy atom. The van der Waals surface area contributed by atoms with Crippen molar-refractivity contribution in [2.24, 2.45) is 0 Å². The number of aromatic nitrogens is 3. The van der Waals surface area contributed by atoms with Crippen LogP contribution in [0.5, 0.6) is 17.2 Å². The number of hydrogen-bond acceptors (Lipinski definition) is 6. The monoisotopic (exact) mass is 655 g/mol. The highest BCUT2D eigenvalue weighted by Crippen LogP contribution is 2.28. The third kappa shape index (κ3) is 7.78. The van der Waals surface area contributed by atoms with Crippen LogP contribution in [0.2, 0.25) is 5.02 Å². The predicted molar refractivity (Wildman–Crippen MR) is 183 cm³/mol. The molecule has 0 aliphatic heterocycles. The summed E-state index contributed by atoms with van der Waals surface area (Å²) in [7, 11) is 1.59. The smallest absolute Gasteiger partial charge is 0.320 e. The van der Waals surface area contributed by atoms with Gasteiger partial charge in [0.25, 0.3) is 5.56 Å². The van der Waals surface area contributed by atoms with E-state index in [4.69, 9.17) is 26.2 Å². The molecule has 0 aliphatic carbocycles. The number of aromatic hydroxyl groups is 1. The lowest BCUT2D eigenvalue weighted by Crippen LogP contribution is -2.29. The third-order valence-corrected chi connectivity index (χ3v) is 8.04. The number of hydrogen-bond donors (Lipinski definition) is 3. The van der Waals surface area contributed by atoms with Crippen molar-refractivity contribution in [3.63, 3.8) is 0 Å². The highest BCUT2D eigenvalue weighted by atomic mass is 35.5. The van der Waals surface area contributed by atoms with Gasteiger partial charge in [-0.2, -0.15) is 5.10 Å². The number of rotatable bonds is 10. The van der Waals surface area contributed by atoms with Crippen LogP contribution in [0.1, 0.15) is 48.8 Å². The summed E-state index contributed by atoms with van der Waals surface area (Å²) in [6.45, 7) is 8.62. The van der Waals surface area contributed by atoms with E-state index >= 15 is 0 Å². The number of pyridine rings is 1. The van der Waals surface area contributed by atoms with Gasteiger partial charge in [-0.15, -0.1) is 0 Å². The summed E-state index contributed by atoms with van der Waals surface area (Å²) in [4.78, 5) is 26.3. The highest BCUT2D eigenvalue weighted by molar-refractivity contribution is 6.31. The second-order valence-corrected chi connectivity index (χ2v) is 12.5. The molecule has 11 heteroatoms. The molecule has 5 rings (SSSR count). The molecule has 2 aromatic heterocycles. The topological polar surface area (TPSA) is 120 Å². The van der Waals surface area contributed by atoms with Gasteiger partial charge in [0.05, 0.1) is 25.0 Å². The number of aryl methyl sites for hydroxylation is 1. The van der Waals surface area contributed by atoms with Crippen molar-refractivity contribution in [2.45, 2.75) is 52.8 Å². The lowest BCUT2D eigenvalue weighted by molar-refractivity contribution is 0.251. The molecule has 0 saturated carbocycles. The molecule has 0 unspecified atom stereocenters. The van der Waals surface area contributed by atoms with Crippen LogP contribution >= 0.6 is 11.6 Å². The quantitative estimate of drug-likeness (QED) is 0.150. The van der Waals surface area contributed by atoms with Crippen molar-refractivity contribution in [2.75, 3.05) is 12.4 Å². The predicted octanol–water partition coefficient (Wildman–Crippen LogP) is 6.96. The molecule has 5 aromatic rings. The van der Waals surface area contributed by atoms with Gasteiger partial charge in [-0.05, 0) is 48.4 Å². The molecule has 0 saturated heterocycles. The highest BCUT2D eigenvalue weighted by Gasteiger charge is 2.22. The van der Waals surface area contributed by atoms with Gasteiger partial charge >= 0.3 is 6.03 Å². The Balaban J connectivity index is 1.27. The number of nitrogens with zero attached hydrogens (tertiary/aromatic N) is 3.